The summed E-state index contributed by atoms with van der Waals surface area (Å²) in [6.45, 7) is 2.34. The smallest absolute Gasteiger partial charge is 0.334 e. The zero-order chi connectivity index (χ0) is 53.6. The highest BCUT2D eigenvalue weighted by atomic mass is 16.7. The summed E-state index contributed by atoms with van der Waals surface area (Å²) in [4.78, 5) is 203. The summed E-state index contributed by atoms with van der Waals surface area (Å²) >= 11 is 0. The Hall–Kier alpha value is -7.92. The number of hydrogen-bond donors (Lipinski definition) is 2. The molecule has 398 valence electrons. The first-order valence-electron chi connectivity index (χ1n) is 23.9. The van der Waals surface area contributed by atoms with Crippen LogP contribution in [0.1, 0.15) is 96.8 Å². The third-order valence-corrected chi connectivity index (χ3v) is 11.8. The maximum Gasteiger partial charge on any atom is 0.334 e. The van der Waals surface area contributed by atoms with Crippen LogP contribution in [0.25, 0.3) is 0 Å². The number of nitrogens with one attached hydrogen (secondary N) is 2. The van der Waals surface area contributed by atoms with Gasteiger partial charge in [0.05, 0.1) is 57.2 Å². The van der Waals surface area contributed by atoms with Crippen LogP contribution in [0.15, 0.2) is 12.7 Å². The number of terminal acetylenes is 1. The molecule has 73 heavy (non-hydrogen) atoms. The summed E-state index contributed by atoms with van der Waals surface area (Å²) < 4.78 is 0. The van der Waals surface area contributed by atoms with Gasteiger partial charge < -0.3 is 44.7 Å². The number of rotatable bonds is 29. The van der Waals surface area contributed by atoms with Gasteiger partial charge in [0, 0.05) is 97.3 Å². The highest BCUT2D eigenvalue weighted by Gasteiger charge is 2.34. The van der Waals surface area contributed by atoms with E-state index in [4.69, 9.17) is 25.8 Å². The van der Waals surface area contributed by atoms with E-state index in [-0.39, 0.29) is 71.4 Å². The fourth-order valence-electron chi connectivity index (χ4n) is 7.47. The first-order valence-corrected chi connectivity index (χ1v) is 23.9. The van der Waals surface area contributed by atoms with Gasteiger partial charge in [-0.1, -0.05) is 13.0 Å². The number of nitrogens with zero attached hydrogens (tertiary/aromatic N) is 7. The van der Waals surface area contributed by atoms with Crippen LogP contribution in [0, 0.1) is 24.2 Å². The Morgan fingerprint density at radius 3 is 1.29 bits per heavy atom. The highest BCUT2D eigenvalue weighted by molar-refractivity contribution is 6.01. The summed E-state index contributed by atoms with van der Waals surface area (Å²) in [5, 5.41) is 8.00. The lowest BCUT2D eigenvalue weighted by molar-refractivity contribution is -0.197. The Bertz CT molecular complexity index is 2150. The van der Waals surface area contributed by atoms with Crippen molar-refractivity contribution < 1.29 is 86.5 Å². The molecule has 4 aliphatic heterocycles. The average molecular weight is 1030 g/mol. The van der Waals surface area contributed by atoms with Gasteiger partial charge in [0.15, 0.2) is 0 Å². The predicted molar refractivity (Wildman–Crippen MR) is 243 cm³/mol. The van der Waals surface area contributed by atoms with E-state index in [1.165, 1.54) is 13.0 Å². The monoisotopic (exact) mass is 1030 g/mol. The molecule has 0 aromatic carbocycles. The first-order chi connectivity index (χ1) is 34.8. The molecular formula is C46H61N9O18. The molecule has 0 radical (unpaired) electrons. The number of hydroxylamine groups is 8. The molecule has 0 aromatic heterocycles. The molecule has 4 rings (SSSR count). The molecule has 2 atom stereocenters. The van der Waals surface area contributed by atoms with E-state index in [1.54, 1.807) is 0 Å². The van der Waals surface area contributed by atoms with Gasteiger partial charge in [-0.05, 0) is 25.2 Å². The number of carbonyl (C=O) groups is 14. The van der Waals surface area contributed by atoms with E-state index in [2.05, 4.69) is 17.2 Å². The van der Waals surface area contributed by atoms with E-state index in [1.807, 2.05) is 5.92 Å². The van der Waals surface area contributed by atoms with E-state index in [0.29, 0.717) is 24.3 Å². The van der Waals surface area contributed by atoms with Gasteiger partial charge in [0.2, 0.25) is 23.6 Å². The van der Waals surface area contributed by atoms with Crippen molar-refractivity contribution in [3.63, 3.8) is 0 Å². The quantitative estimate of drug-likeness (QED) is 0.0463. The van der Waals surface area contributed by atoms with Crippen molar-refractivity contribution >= 4 is 82.9 Å². The van der Waals surface area contributed by atoms with E-state index < -0.39 is 166 Å². The van der Waals surface area contributed by atoms with Gasteiger partial charge in [-0.25, -0.2) is 19.2 Å². The van der Waals surface area contributed by atoms with Crippen LogP contribution in [0.4, 0.5) is 0 Å². The fraction of sp³-hybridized carbons (Fsp3) is 0.609. The largest absolute Gasteiger partial charge is 0.355 e. The lowest BCUT2D eigenvalue weighted by atomic mass is 10.1. The van der Waals surface area contributed by atoms with Crippen molar-refractivity contribution in [1.82, 2.24) is 45.6 Å². The van der Waals surface area contributed by atoms with Gasteiger partial charge >= 0.3 is 23.9 Å². The summed E-state index contributed by atoms with van der Waals surface area (Å²) in [6, 6.07) is 0. The number of imide groups is 1. The van der Waals surface area contributed by atoms with Crippen LogP contribution >= 0.6 is 0 Å². The molecule has 4 fully saturated rings. The Kier molecular flexibility index (Phi) is 22.8. The SMILES string of the molecule is C#CC(=O)NCC(CNC(=O)C(C)C=C)C(=O)N(CCC(=O)N(CCC(=O)ON1CCCC1=O)CCC(=O)ON1CCCC1=O)CCC(=O)N(CCC(=O)ON1CCCC1=O)CCC(=O)ON1C(=O)CCC1=O. The number of amides is 10. The maximum atomic E-state index is 14.5. The van der Waals surface area contributed by atoms with Gasteiger partial charge in [-0.2, -0.15) is 15.2 Å². The van der Waals surface area contributed by atoms with Gasteiger partial charge in [-0.3, -0.25) is 47.9 Å². The molecule has 0 bridgehead atoms. The minimum atomic E-state index is -1.27. The van der Waals surface area contributed by atoms with Crippen LogP contribution in [0.3, 0.4) is 0 Å². The van der Waals surface area contributed by atoms with Crippen molar-refractivity contribution in [2.45, 2.75) is 96.8 Å². The molecular weight excluding hydrogens is 967 g/mol. The molecule has 0 aromatic rings. The van der Waals surface area contributed by atoms with Crippen LogP contribution in [-0.2, 0) is 86.5 Å². The Balaban J connectivity index is 1.56. The summed E-state index contributed by atoms with van der Waals surface area (Å²) in [7, 11) is 0. The first kappa shape index (κ1) is 57.7. The Labute approximate surface area is 419 Å². The van der Waals surface area contributed by atoms with E-state index in [0.717, 1.165) is 29.9 Å². The molecule has 27 heteroatoms. The molecule has 10 amide bonds. The van der Waals surface area contributed by atoms with Crippen molar-refractivity contribution in [3.05, 3.63) is 12.7 Å². The topological polar surface area (TPSA) is 323 Å². The minimum absolute atomic E-state index is 0.155. The van der Waals surface area contributed by atoms with Crippen LogP contribution < -0.4 is 10.6 Å². The molecule has 2 unspecified atom stereocenters. The van der Waals surface area contributed by atoms with Crippen LogP contribution in [0.2, 0.25) is 0 Å². The van der Waals surface area contributed by atoms with Gasteiger partial charge in [0.25, 0.3) is 35.4 Å². The third-order valence-electron chi connectivity index (χ3n) is 11.8. The molecule has 0 aliphatic carbocycles. The minimum Gasteiger partial charge on any atom is -0.355 e. The second-order valence-corrected chi connectivity index (χ2v) is 17.1. The summed E-state index contributed by atoms with van der Waals surface area (Å²) in [5.41, 5.74) is 0. The molecule has 27 nitrogen and oxygen atoms in total. The molecule has 4 aliphatic rings. The maximum absolute atomic E-state index is 14.5. The van der Waals surface area contributed by atoms with Crippen molar-refractivity contribution in [1.29, 1.82) is 0 Å². The summed E-state index contributed by atoms with van der Waals surface area (Å²) in [5.74, 6) is -10.3. The molecule has 0 saturated carbocycles. The molecule has 4 heterocycles. The second kappa shape index (κ2) is 28.8. The van der Waals surface area contributed by atoms with Crippen molar-refractivity contribution in [2.75, 3.05) is 72.0 Å². The average Bonchev–Trinajstić information content (AvgIpc) is 4.16. The lowest BCUT2D eigenvalue weighted by Crippen LogP contribution is -2.49. The lowest BCUT2D eigenvalue weighted by Gasteiger charge is -2.30. The van der Waals surface area contributed by atoms with E-state index in [9.17, 15) is 67.1 Å². The van der Waals surface area contributed by atoms with Crippen LogP contribution in [-0.4, -0.2) is 190 Å². The predicted octanol–water partition coefficient (Wildman–Crippen LogP) is -2.03. The van der Waals surface area contributed by atoms with Crippen molar-refractivity contribution in [2.24, 2.45) is 11.8 Å². The number of carbonyl (C=O) groups excluding carboxylic acids is 14. The third kappa shape index (κ3) is 18.6. The summed E-state index contributed by atoms with van der Waals surface area (Å²) in [6.07, 6.45) is 5.09. The normalized spacial score (nSPS) is 16.1. The number of hydrogen-bond acceptors (Lipinski definition) is 18. The molecule has 0 spiro atoms. The zero-order valence-electron chi connectivity index (χ0n) is 40.7. The van der Waals surface area contributed by atoms with Gasteiger partial charge in [-0.15, -0.1) is 18.1 Å². The van der Waals surface area contributed by atoms with E-state index >= 15 is 0 Å². The standard InChI is InChI=1S/C46H61N9O18/c1-4-31(3)45(68)48-30-32(29-47-33(56)5-2)46(69)51(23-14-34(57)49(25-16-41(64)70-52-20-6-9-36(52)59)26-17-42(65)71-53-21-7-10-37(53)60)24-15-35(58)50(27-18-43(66)72-54-22-8-11-38(54)61)28-19-44(67)73-55-39(62)12-13-40(55)63/h2,4,31-32H,1,6-30H2,3H3,(H,47,56)(H,48,68). The Morgan fingerprint density at radius 2 is 0.932 bits per heavy atom. The highest BCUT2D eigenvalue weighted by Crippen LogP contribution is 2.17. The van der Waals surface area contributed by atoms with Gasteiger partial charge in [0.1, 0.15) is 0 Å². The fourth-order valence-corrected chi connectivity index (χ4v) is 7.47. The molecule has 4 saturated heterocycles. The molecule has 2 N–H and O–H groups in total. The zero-order valence-corrected chi connectivity index (χ0v) is 40.7. The van der Waals surface area contributed by atoms with Crippen molar-refractivity contribution in [3.8, 4) is 12.3 Å². The van der Waals surface area contributed by atoms with Crippen LogP contribution in [0.5, 0.6) is 0 Å². The Morgan fingerprint density at radius 1 is 0.562 bits per heavy atom. The second-order valence-electron chi connectivity index (χ2n) is 17.1.